The normalized spacial score (nSPS) is 17.1. The summed E-state index contributed by atoms with van der Waals surface area (Å²) in [6.45, 7) is 4.39. The number of carbonyl (C=O) groups excluding carboxylic acids is 1. The van der Waals surface area contributed by atoms with Gasteiger partial charge in [0.15, 0.2) is 5.82 Å². The Morgan fingerprint density at radius 3 is 2.83 bits per heavy atom. The Bertz CT molecular complexity index is 906. The summed E-state index contributed by atoms with van der Waals surface area (Å²) < 4.78 is 13.0. The molecule has 2 aromatic heterocycles. The lowest BCUT2D eigenvalue weighted by Gasteiger charge is -2.29. The third-order valence-corrected chi connectivity index (χ3v) is 5.81. The molecule has 156 valence electrons. The Labute approximate surface area is 170 Å². The van der Waals surface area contributed by atoms with Crippen LogP contribution in [0, 0.1) is 0 Å². The Morgan fingerprint density at radius 2 is 2.14 bits per heavy atom. The van der Waals surface area contributed by atoms with Crippen molar-refractivity contribution in [2.24, 2.45) is 0 Å². The van der Waals surface area contributed by atoms with Gasteiger partial charge in [-0.25, -0.2) is 4.98 Å². The number of amides is 1. The molecule has 0 radical (unpaired) electrons. The van der Waals surface area contributed by atoms with Gasteiger partial charge in [0, 0.05) is 57.5 Å². The van der Waals surface area contributed by atoms with Crippen molar-refractivity contribution < 1.29 is 14.3 Å². The zero-order valence-electron chi connectivity index (χ0n) is 17.2. The average molecular weight is 400 g/mol. The predicted octanol–water partition coefficient (Wildman–Crippen LogP) is 1.89. The van der Waals surface area contributed by atoms with E-state index in [1.54, 1.807) is 26.3 Å². The fourth-order valence-corrected chi connectivity index (χ4v) is 4.10. The van der Waals surface area contributed by atoms with Crippen LogP contribution in [0.25, 0.3) is 0 Å². The SMILES string of the molecule is COc1cc(N(C)c2nn(C3CCOCC3)c3c2CN(C(C)=O)CC3)ncc1N. The van der Waals surface area contributed by atoms with Gasteiger partial charge in [0.05, 0.1) is 31.6 Å². The van der Waals surface area contributed by atoms with Gasteiger partial charge in [0.1, 0.15) is 11.6 Å². The van der Waals surface area contributed by atoms with Crippen LogP contribution in [0.15, 0.2) is 12.3 Å². The highest BCUT2D eigenvalue weighted by atomic mass is 16.5. The second-order valence-corrected chi connectivity index (χ2v) is 7.57. The number of hydrogen-bond acceptors (Lipinski definition) is 7. The molecular formula is C20H28N6O3. The van der Waals surface area contributed by atoms with Crippen LogP contribution < -0.4 is 15.4 Å². The number of hydrogen-bond donors (Lipinski definition) is 1. The van der Waals surface area contributed by atoms with Gasteiger partial charge in [-0.05, 0) is 12.8 Å². The summed E-state index contributed by atoms with van der Waals surface area (Å²) in [6, 6.07) is 2.12. The van der Waals surface area contributed by atoms with Crippen molar-refractivity contribution >= 4 is 23.2 Å². The van der Waals surface area contributed by atoms with Gasteiger partial charge >= 0.3 is 0 Å². The van der Waals surface area contributed by atoms with Crippen LogP contribution in [0.5, 0.6) is 5.75 Å². The zero-order chi connectivity index (χ0) is 20.5. The molecule has 2 aliphatic heterocycles. The molecule has 0 atom stereocenters. The van der Waals surface area contributed by atoms with Crippen LogP contribution in [0.4, 0.5) is 17.3 Å². The van der Waals surface area contributed by atoms with E-state index in [9.17, 15) is 4.79 Å². The topological polar surface area (TPSA) is 98.7 Å². The minimum Gasteiger partial charge on any atom is -0.494 e. The van der Waals surface area contributed by atoms with E-state index in [0.717, 1.165) is 43.9 Å². The standard InChI is InChI=1S/C20H28N6O3/c1-13(27)25-7-4-17-15(12-25)20(23-26(17)14-5-8-29-9-6-14)24(2)19-10-18(28-3)16(21)11-22-19/h10-11,14H,4-9,12,21H2,1-3H3. The fourth-order valence-electron chi connectivity index (χ4n) is 4.10. The number of fused-ring (bicyclic) bond motifs is 1. The van der Waals surface area contributed by atoms with Gasteiger partial charge in [-0.3, -0.25) is 9.48 Å². The zero-order valence-corrected chi connectivity index (χ0v) is 17.2. The van der Waals surface area contributed by atoms with Crippen LogP contribution in [0.2, 0.25) is 0 Å². The van der Waals surface area contributed by atoms with Crippen molar-refractivity contribution in [1.82, 2.24) is 19.7 Å². The molecule has 29 heavy (non-hydrogen) atoms. The molecule has 2 N–H and O–H groups in total. The molecule has 9 nitrogen and oxygen atoms in total. The number of methoxy groups -OCH3 is 1. The van der Waals surface area contributed by atoms with Crippen LogP contribution in [0.3, 0.4) is 0 Å². The first-order chi connectivity index (χ1) is 14.0. The van der Waals surface area contributed by atoms with Crippen LogP contribution in [-0.2, 0) is 22.5 Å². The molecule has 2 aromatic rings. The molecule has 4 heterocycles. The molecule has 0 unspecified atom stereocenters. The Morgan fingerprint density at radius 1 is 1.38 bits per heavy atom. The van der Waals surface area contributed by atoms with Crippen molar-refractivity contribution in [1.29, 1.82) is 0 Å². The molecule has 0 spiro atoms. The van der Waals surface area contributed by atoms with Crippen molar-refractivity contribution in [3.8, 4) is 5.75 Å². The molecule has 1 saturated heterocycles. The third-order valence-electron chi connectivity index (χ3n) is 5.81. The van der Waals surface area contributed by atoms with E-state index < -0.39 is 0 Å². The first-order valence-corrected chi connectivity index (χ1v) is 9.96. The Kier molecular flexibility index (Phi) is 5.31. The van der Waals surface area contributed by atoms with Gasteiger partial charge in [0.25, 0.3) is 0 Å². The Balaban J connectivity index is 1.75. The van der Waals surface area contributed by atoms with Crippen molar-refractivity contribution in [2.75, 3.05) is 44.5 Å². The molecule has 1 fully saturated rings. The number of rotatable bonds is 4. The van der Waals surface area contributed by atoms with E-state index in [2.05, 4.69) is 9.67 Å². The molecule has 9 heteroatoms. The molecule has 4 rings (SSSR count). The molecule has 0 aliphatic carbocycles. The minimum atomic E-state index is 0.0790. The number of ether oxygens (including phenoxy) is 2. The lowest BCUT2D eigenvalue weighted by atomic mass is 10.0. The number of anilines is 3. The quantitative estimate of drug-likeness (QED) is 0.837. The van der Waals surface area contributed by atoms with Gasteiger partial charge in [-0.2, -0.15) is 5.10 Å². The summed E-state index contributed by atoms with van der Waals surface area (Å²) in [5, 5.41) is 5.00. The number of nitrogen functional groups attached to an aromatic ring is 1. The summed E-state index contributed by atoms with van der Waals surface area (Å²) in [4.78, 5) is 20.3. The van der Waals surface area contributed by atoms with E-state index >= 15 is 0 Å². The molecule has 0 bridgehead atoms. The number of aromatic nitrogens is 3. The maximum absolute atomic E-state index is 12.0. The van der Waals surface area contributed by atoms with Crippen molar-refractivity contribution in [2.45, 2.75) is 38.8 Å². The maximum atomic E-state index is 12.0. The largest absolute Gasteiger partial charge is 0.494 e. The maximum Gasteiger partial charge on any atom is 0.219 e. The van der Waals surface area contributed by atoms with E-state index in [-0.39, 0.29) is 5.91 Å². The number of carbonyl (C=O) groups is 1. The van der Waals surface area contributed by atoms with E-state index in [4.69, 9.17) is 20.3 Å². The third kappa shape index (κ3) is 3.62. The molecule has 1 amide bonds. The second-order valence-electron chi connectivity index (χ2n) is 7.57. The monoisotopic (exact) mass is 400 g/mol. The highest BCUT2D eigenvalue weighted by Crippen LogP contribution is 2.36. The molecule has 0 saturated carbocycles. The van der Waals surface area contributed by atoms with Crippen molar-refractivity contribution in [3.05, 3.63) is 23.5 Å². The van der Waals surface area contributed by atoms with Crippen LogP contribution in [0.1, 0.15) is 37.1 Å². The number of pyridine rings is 1. The van der Waals surface area contributed by atoms with Crippen LogP contribution >= 0.6 is 0 Å². The van der Waals surface area contributed by atoms with Gasteiger partial charge < -0.3 is 25.0 Å². The van der Waals surface area contributed by atoms with Gasteiger partial charge in [-0.1, -0.05) is 0 Å². The lowest BCUT2D eigenvalue weighted by Crippen LogP contribution is -2.35. The van der Waals surface area contributed by atoms with Crippen LogP contribution in [-0.4, -0.2) is 59.5 Å². The highest BCUT2D eigenvalue weighted by molar-refractivity contribution is 5.74. The lowest BCUT2D eigenvalue weighted by molar-refractivity contribution is -0.129. The van der Waals surface area contributed by atoms with Gasteiger partial charge in [-0.15, -0.1) is 0 Å². The fraction of sp³-hybridized carbons (Fsp3) is 0.550. The molecule has 0 aromatic carbocycles. The summed E-state index contributed by atoms with van der Waals surface area (Å²) in [7, 11) is 3.52. The van der Waals surface area contributed by atoms with E-state index in [1.807, 2.05) is 16.8 Å². The first-order valence-electron chi connectivity index (χ1n) is 9.96. The summed E-state index contributed by atoms with van der Waals surface area (Å²) in [6.07, 6.45) is 4.28. The second kappa shape index (κ2) is 7.90. The van der Waals surface area contributed by atoms with E-state index in [0.29, 0.717) is 36.4 Å². The number of nitrogens with zero attached hydrogens (tertiary/aromatic N) is 5. The first kappa shape index (κ1) is 19.5. The summed E-state index contributed by atoms with van der Waals surface area (Å²) in [5.41, 5.74) is 8.70. The summed E-state index contributed by atoms with van der Waals surface area (Å²) >= 11 is 0. The predicted molar refractivity (Wildman–Crippen MR) is 109 cm³/mol. The van der Waals surface area contributed by atoms with Crippen molar-refractivity contribution in [3.63, 3.8) is 0 Å². The highest BCUT2D eigenvalue weighted by Gasteiger charge is 2.31. The summed E-state index contributed by atoms with van der Waals surface area (Å²) in [5.74, 6) is 2.16. The Hall–Kier alpha value is -2.81. The molecular weight excluding hydrogens is 372 g/mol. The van der Waals surface area contributed by atoms with E-state index in [1.165, 1.54) is 5.69 Å². The molecule has 2 aliphatic rings. The minimum absolute atomic E-state index is 0.0790. The van der Waals surface area contributed by atoms with Gasteiger partial charge in [0.2, 0.25) is 5.91 Å². The average Bonchev–Trinajstić information content (AvgIpc) is 3.13. The smallest absolute Gasteiger partial charge is 0.219 e. The number of nitrogens with two attached hydrogens (primary N) is 1.